The minimum atomic E-state index is -0.108. The predicted molar refractivity (Wildman–Crippen MR) is 90.6 cm³/mol. The highest BCUT2D eigenvalue weighted by atomic mass is 32.1. The summed E-state index contributed by atoms with van der Waals surface area (Å²) in [5.74, 6) is 0.527. The van der Waals surface area contributed by atoms with Gasteiger partial charge in [-0.05, 0) is 25.7 Å². The van der Waals surface area contributed by atoms with E-state index >= 15 is 0 Å². The molecule has 126 valence electrons. The van der Waals surface area contributed by atoms with Gasteiger partial charge in [0.1, 0.15) is 0 Å². The highest BCUT2D eigenvalue weighted by molar-refractivity contribution is 7.15. The highest BCUT2D eigenvalue weighted by Crippen LogP contribution is 2.31. The molecule has 0 unspecified atom stereocenters. The molecule has 0 bridgehead atoms. The number of hydrogen-bond acceptors (Lipinski definition) is 4. The molecular formula is C16H24N4O2S. The molecule has 2 heterocycles. The predicted octanol–water partition coefficient (Wildman–Crippen LogP) is 2.57. The molecule has 1 saturated carbocycles. The molecule has 6 nitrogen and oxygen atoms in total. The van der Waals surface area contributed by atoms with Gasteiger partial charge in [0.05, 0.1) is 0 Å². The second-order valence-electron chi connectivity index (χ2n) is 6.25. The Kier molecular flexibility index (Phi) is 5.15. The number of carbonyl (C=O) groups excluding carboxylic acids is 2. The number of aromatic nitrogens is 1. The average Bonchev–Trinajstić information content (AvgIpc) is 3.33. The Balaban J connectivity index is 1.51. The molecule has 1 aliphatic heterocycles. The van der Waals surface area contributed by atoms with Crippen molar-refractivity contribution in [2.75, 3.05) is 31.5 Å². The van der Waals surface area contributed by atoms with Crippen molar-refractivity contribution >= 4 is 28.4 Å². The first-order valence-corrected chi connectivity index (χ1v) is 9.28. The second kappa shape index (κ2) is 7.29. The zero-order valence-electron chi connectivity index (χ0n) is 13.6. The van der Waals surface area contributed by atoms with E-state index in [1.165, 1.54) is 16.2 Å². The molecule has 7 heteroatoms. The molecule has 2 fully saturated rings. The molecule has 3 amide bonds. The van der Waals surface area contributed by atoms with Gasteiger partial charge in [0.15, 0.2) is 5.13 Å². The smallest absolute Gasteiger partial charge is 0.323 e. The third kappa shape index (κ3) is 4.22. The summed E-state index contributed by atoms with van der Waals surface area (Å²) in [5, 5.41) is 3.55. The lowest BCUT2D eigenvalue weighted by molar-refractivity contribution is -0.132. The third-order valence-corrected chi connectivity index (χ3v) is 5.26. The Morgan fingerprint density at radius 3 is 2.74 bits per heavy atom. The van der Waals surface area contributed by atoms with Crippen molar-refractivity contribution in [2.45, 2.75) is 39.0 Å². The Labute approximate surface area is 140 Å². The van der Waals surface area contributed by atoms with E-state index in [4.69, 9.17) is 0 Å². The number of aryl methyl sites for hydroxylation is 1. The lowest BCUT2D eigenvalue weighted by Crippen LogP contribution is -2.39. The Morgan fingerprint density at radius 1 is 1.26 bits per heavy atom. The van der Waals surface area contributed by atoms with E-state index in [2.05, 4.69) is 17.2 Å². The summed E-state index contributed by atoms with van der Waals surface area (Å²) in [6, 6.07) is -0.108. The normalized spacial score (nSPS) is 18.7. The lowest BCUT2D eigenvalue weighted by atomic mass is 10.3. The van der Waals surface area contributed by atoms with Crippen molar-refractivity contribution < 1.29 is 9.59 Å². The van der Waals surface area contributed by atoms with Crippen molar-refractivity contribution in [1.29, 1.82) is 0 Å². The van der Waals surface area contributed by atoms with Crippen molar-refractivity contribution in [3.8, 4) is 0 Å². The number of amides is 3. The second-order valence-corrected chi connectivity index (χ2v) is 7.37. The minimum Gasteiger partial charge on any atom is -0.341 e. The number of nitrogens with one attached hydrogen (secondary N) is 1. The third-order valence-electron chi connectivity index (χ3n) is 4.29. The number of urea groups is 1. The zero-order chi connectivity index (χ0) is 16.2. The summed E-state index contributed by atoms with van der Waals surface area (Å²) in [5.41, 5.74) is 0. The molecule has 1 aromatic heterocycles. The maximum absolute atomic E-state index is 12.4. The molecule has 0 atom stereocenters. The number of hydrogen-bond donors (Lipinski definition) is 1. The van der Waals surface area contributed by atoms with Crippen LogP contribution in [0.25, 0.3) is 0 Å². The van der Waals surface area contributed by atoms with E-state index in [0.717, 1.165) is 38.6 Å². The van der Waals surface area contributed by atoms with Gasteiger partial charge in [0, 0.05) is 43.2 Å². The van der Waals surface area contributed by atoms with E-state index in [9.17, 15) is 9.59 Å². The fourth-order valence-electron chi connectivity index (χ4n) is 2.83. The summed E-state index contributed by atoms with van der Waals surface area (Å²) in [6.45, 7) is 4.81. The van der Waals surface area contributed by atoms with E-state index in [1.807, 2.05) is 11.1 Å². The Morgan fingerprint density at radius 2 is 2.00 bits per heavy atom. The van der Waals surface area contributed by atoms with Crippen molar-refractivity contribution in [1.82, 2.24) is 14.8 Å². The Bertz CT molecular complexity index is 570. The molecule has 1 aliphatic carbocycles. The van der Waals surface area contributed by atoms with E-state index in [1.54, 1.807) is 4.90 Å². The average molecular weight is 336 g/mol. The van der Waals surface area contributed by atoms with Crippen molar-refractivity contribution in [3.63, 3.8) is 0 Å². The van der Waals surface area contributed by atoms with Gasteiger partial charge < -0.3 is 9.80 Å². The number of rotatable bonds is 4. The summed E-state index contributed by atoms with van der Waals surface area (Å²) in [6.07, 6.45) is 6.81. The van der Waals surface area contributed by atoms with Gasteiger partial charge in [0.25, 0.3) is 0 Å². The monoisotopic (exact) mass is 336 g/mol. The van der Waals surface area contributed by atoms with Crippen molar-refractivity contribution in [3.05, 3.63) is 11.1 Å². The summed E-state index contributed by atoms with van der Waals surface area (Å²) in [7, 11) is 0. The molecule has 3 rings (SSSR count). The fraction of sp³-hybridized carbons (Fsp3) is 0.688. The summed E-state index contributed by atoms with van der Waals surface area (Å²) in [4.78, 5) is 33.7. The number of nitrogens with zero attached hydrogens (tertiary/aromatic N) is 3. The molecule has 0 spiro atoms. The molecular weight excluding hydrogens is 312 g/mol. The van der Waals surface area contributed by atoms with Crippen LogP contribution in [0.15, 0.2) is 6.20 Å². The van der Waals surface area contributed by atoms with Crippen LogP contribution in [0, 0.1) is 5.92 Å². The van der Waals surface area contributed by atoms with E-state index in [0.29, 0.717) is 24.8 Å². The van der Waals surface area contributed by atoms with Crippen LogP contribution in [0.2, 0.25) is 0 Å². The molecule has 1 aromatic rings. The first-order valence-electron chi connectivity index (χ1n) is 8.46. The topological polar surface area (TPSA) is 65.5 Å². The molecule has 1 saturated heterocycles. The zero-order valence-corrected chi connectivity index (χ0v) is 14.4. The van der Waals surface area contributed by atoms with E-state index < -0.39 is 0 Å². The molecule has 0 radical (unpaired) electrons. The quantitative estimate of drug-likeness (QED) is 0.919. The lowest BCUT2D eigenvalue weighted by Gasteiger charge is -2.22. The fourth-order valence-corrected chi connectivity index (χ4v) is 3.73. The van der Waals surface area contributed by atoms with Gasteiger partial charge in [-0.25, -0.2) is 9.78 Å². The SMILES string of the molecule is CCCc1cnc(NC(=O)N2CCCN(C(=O)C3CC3)CC2)s1. The van der Waals surface area contributed by atoms with Gasteiger partial charge in [-0.15, -0.1) is 11.3 Å². The summed E-state index contributed by atoms with van der Waals surface area (Å²) >= 11 is 1.54. The molecule has 23 heavy (non-hydrogen) atoms. The van der Waals surface area contributed by atoms with Gasteiger partial charge in [0.2, 0.25) is 5.91 Å². The molecule has 0 aromatic carbocycles. The van der Waals surface area contributed by atoms with Crippen LogP contribution in [0.1, 0.15) is 37.5 Å². The number of anilines is 1. The maximum atomic E-state index is 12.4. The number of thiazole rings is 1. The van der Waals surface area contributed by atoms with Gasteiger partial charge in [-0.3, -0.25) is 10.1 Å². The van der Waals surface area contributed by atoms with Crippen LogP contribution in [-0.2, 0) is 11.2 Å². The van der Waals surface area contributed by atoms with Crippen LogP contribution < -0.4 is 5.32 Å². The number of carbonyl (C=O) groups is 2. The molecule has 2 aliphatic rings. The van der Waals surface area contributed by atoms with Crippen molar-refractivity contribution in [2.24, 2.45) is 5.92 Å². The maximum Gasteiger partial charge on any atom is 0.323 e. The van der Waals surface area contributed by atoms with Gasteiger partial charge >= 0.3 is 6.03 Å². The minimum absolute atomic E-state index is 0.108. The van der Waals surface area contributed by atoms with Crippen LogP contribution in [-0.4, -0.2) is 52.9 Å². The van der Waals surface area contributed by atoms with Crippen LogP contribution in [0.5, 0.6) is 0 Å². The van der Waals surface area contributed by atoms with Crippen LogP contribution in [0.4, 0.5) is 9.93 Å². The highest BCUT2D eigenvalue weighted by Gasteiger charge is 2.34. The Hall–Kier alpha value is -1.63. The van der Waals surface area contributed by atoms with Crippen LogP contribution >= 0.6 is 11.3 Å². The largest absolute Gasteiger partial charge is 0.341 e. The standard InChI is InChI=1S/C16H24N4O2S/c1-2-4-13-11-17-15(23-13)18-16(22)20-8-3-7-19(9-10-20)14(21)12-5-6-12/h11-12H,2-10H2,1H3,(H,17,18,22). The van der Waals surface area contributed by atoms with E-state index in [-0.39, 0.29) is 17.9 Å². The summed E-state index contributed by atoms with van der Waals surface area (Å²) < 4.78 is 0. The molecule has 1 N–H and O–H groups in total. The van der Waals surface area contributed by atoms with Gasteiger partial charge in [-0.1, -0.05) is 13.3 Å². The van der Waals surface area contributed by atoms with Crippen LogP contribution in [0.3, 0.4) is 0 Å². The first-order chi connectivity index (χ1) is 11.2. The first kappa shape index (κ1) is 16.2. The van der Waals surface area contributed by atoms with Gasteiger partial charge in [-0.2, -0.15) is 0 Å².